The quantitative estimate of drug-likeness (QED) is 0.397. The summed E-state index contributed by atoms with van der Waals surface area (Å²) in [6, 6.07) is 29.2. The van der Waals surface area contributed by atoms with Crippen LogP contribution in [0.2, 0.25) is 0 Å². The van der Waals surface area contributed by atoms with Crippen molar-refractivity contribution in [2.45, 2.75) is 13.8 Å². The third-order valence-corrected chi connectivity index (χ3v) is 5.62. The molecule has 0 spiro atoms. The zero-order valence-corrected chi connectivity index (χ0v) is 17.5. The van der Waals surface area contributed by atoms with Crippen molar-refractivity contribution in [1.29, 1.82) is 0 Å². The first kappa shape index (κ1) is 19.1. The second kappa shape index (κ2) is 7.73. The molecule has 0 fully saturated rings. The van der Waals surface area contributed by atoms with Crippen molar-refractivity contribution in [3.05, 3.63) is 109 Å². The Kier molecular flexibility index (Phi) is 4.75. The predicted molar refractivity (Wildman–Crippen MR) is 127 cm³/mol. The maximum Gasteiger partial charge on any atom is 0.181 e. The number of aliphatic imine (C=N–C) groups is 2. The molecule has 5 rings (SSSR count). The lowest BCUT2D eigenvalue weighted by molar-refractivity contribution is 0.731. The number of benzene rings is 3. The summed E-state index contributed by atoms with van der Waals surface area (Å²) in [6.45, 7) is 4.34. The lowest BCUT2D eigenvalue weighted by Crippen LogP contribution is -2.34. The Hall–Kier alpha value is -3.92. The number of aromatic nitrogens is 2. The third kappa shape index (κ3) is 3.57. The summed E-state index contributed by atoms with van der Waals surface area (Å²) in [7, 11) is 0. The van der Waals surface area contributed by atoms with Gasteiger partial charge in [0, 0.05) is 0 Å². The van der Waals surface area contributed by atoms with Crippen LogP contribution in [0, 0.1) is 5.41 Å². The summed E-state index contributed by atoms with van der Waals surface area (Å²) in [5, 5.41) is 0. The fraction of sp³-hybridized carbons (Fsp3) is 0.111. The van der Waals surface area contributed by atoms with Gasteiger partial charge in [0.1, 0.15) is 12.0 Å². The van der Waals surface area contributed by atoms with Crippen LogP contribution in [0.5, 0.6) is 0 Å². The van der Waals surface area contributed by atoms with Gasteiger partial charge in [-0.15, -0.1) is 0 Å². The summed E-state index contributed by atoms with van der Waals surface area (Å²) in [5.74, 6) is 0.594. The maximum absolute atomic E-state index is 4.99. The van der Waals surface area contributed by atoms with E-state index in [1.54, 1.807) is 6.20 Å². The van der Waals surface area contributed by atoms with Gasteiger partial charge in [-0.05, 0) is 36.1 Å². The summed E-state index contributed by atoms with van der Waals surface area (Å²) in [4.78, 5) is 18.6. The average Bonchev–Trinajstić information content (AvgIpc) is 2.94. The van der Waals surface area contributed by atoms with Gasteiger partial charge >= 0.3 is 0 Å². The molecular weight excluding hydrogens is 380 g/mol. The standard InChI is InChI=1S/C27H22N4/c1-27(2)24(21-11-7-4-8-12-21)30-23-17-28-18-29-26(23)31-25(27)22-15-13-20(14-16-22)19-9-5-3-6-10-19/h3-18H,1-2H3. The molecule has 31 heavy (non-hydrogen) atoms. The van der Waals surface area contributed by atoms with Crippen molar-refractivity contribution < 1.29 is 0 Å². The van der Waals surface area contributed by atoms with E-state index < -0.39 is 5.41 Å². The van der Waals surface area contributed by atoms with Crippen molar-refractivity contribution in [2.24, 2.45) is 15.4 Å². The number of rotatable bonds is 3. The predicted octanol–water partition coefficient (Wildman–Crippen LogP) is 6.43. The molecule has 1 aromatic heterocycles. The number of nitrogens with zero attached hydrogens (tertiary/aromatic N) is 4. The van der Waals surface area contributed by atoms with E-state index in [9.17, 15) is 0 Å². The molecule has 1 aliphatic heterocycles. The van der Waals surface area contributed by atoms with E-state index in [4.69, 9.17) is 9.98 Å². The molecule has 2 heterocycles. The highest BCUT2D eigenvalue weighted by molar-refractivity contribution is 6.25. The zero-order chi connectivity index (χ0) is 21.3. The maximum atomic E-state index is 4.99. The van der Waals surface area contributed by atoms with Crippen LogP contribution in [0.15, 0.2) is 107 Å². The second-order valence-corrected chi connectivity index (χ2v) is 8.09. The molecule has 0 saturated carbocycles. The topological polar surface area (TPSA) is 50.5 Å². The molecule has 0 saturated heterocycles. The monoisotopic (exact) mass is 402 g/mol. The van der Waals surface area contributed by atoms with E-state index in [2.05, 4.69) is 84.5 Å². The summed E-state index contributed by atoms with van der Waals surface area (Å²) >= 11 is 0. The minimum atomic E-state index is -0.434. The van der Waals surface area contributed by atoms with Crippen LogP contribution < -0.4 is 0 Å². The highest BCUT2D eigenvalue weighted by Gasteiger charge is 2.35. The molecule has 3 aromatic carbocycles. The van der Waals surface area contributed by atoms with Crippen molar-refractivity contribution in [2.75, 3.05) is 0 Å². The Labute approximate surface area is 182 Å². The minimum absolute atomic E-state index is 0.434. The number of hydrogen-bond donors (Lipinski definition) is 0. The fourth-order valence-electron chi connectivity index (χ4n) is 4.00. The molecular formula is C27H22N4. The highest BCUT2D eigenvalue weighted by Crippen LogP contribution is 2.38. The van der Waals surface area contributed by atoms with Gasteiger partial charge in [-0.2, -0.15) is 0 Å². The van der Waals surface area contributed by atoms with Crippen molar-refractivity contribution >= 4 is 22.9 Å². The smallest absolute Gasteiger partial charge is 0.181 e. The molecule has 0 bridgehead atoms. The van der Waals surface area contributed by atoms with Gasteiger partial charge < -0.3 is 0 Å². The Bertz CT molecular complexity index is 1270. The first-order chi connectivity index (χ1) is 15.1. The Morgan fingerprint density at radius 3 is 1.77 bits per heavy atom. The van der Waals surface area contributed by atoms with Crippen molar-refractivity contribution in [3.8, 4) is 11.1 Å². The molecule has 0 N–H and O–H groups in total. The Morgan fingerprint density at radius 1 is 0.581 bits per heavy atom. The molecule has 0 aliphatic carbocycles. The van der Waals surface area contributed by atoms with Crippen LogP contribution in [-0.2, 0) is 0 Å². The molecule has 0 atom stereocenters. The SMILES string of the molecule is CC1(C)C(c2ccccc2)=Nc2cncnc2N=C1c1ccc(-c2ccccc2)cc1. The molecule has 0 unspecified atom stereocenters. The van der Waals surface area contributed by atoms with Gasteiger partial charge in [-0.25, -0.2) is 20.0 Å². The summed E-state index contributed by atoms with van der Waals surface area (Å²) in [6.07, 6.45) is 3.25. The molecule has 150 valence electrons. The van der Waals surface area contributed by atoms with E-state index in [1.165, 1.54) is 17.5 Å². The van der Waals surface area contributed by atoms with E-state index in [-0.39, 0.29) is 0 Å². The largest absolute Gasteiger partial charge is 0.246 e. The first-order valence-electron chi connectivity index (χ1n) is 10.3. The summed E-state index contributed by atoms with van der Waals surface area (Å²) in [5.41, 5.74) is 6.63. The Balaban J connectivity index is 1.66. The van der Waals surface area contributed by atoms with Crippen LogP contribution in [0.25, 0.3) is 11.1 Å². The molecule has 4 nitrogen and oxygen atoms in total. The lowest BCUT2D eigenvalue weighted by Gasteiger charge is -2.28. The first-order valence-corrected chi connectivity index (χ1v) is 10.3. The Morgan fingerprint density at radius 2 is 1.10 bits per heavy atom. The highest BCUT2D eigenvalue weighted by atomic mass is 15.0. The van der Waals surface area contributed by atoms with Crippen molar-refractivity contribution in [1.82, 2.24) is 9.97 Å². The summed E-state index contributed by atoms with van der Waals surface area (Å²) < 4.78 is 0. The normalized spacial score (nSPS) is 14.8. The minimum Gasteiger partial charge on any atom is -0.246 e. The third-order valence-electron chi connectivity index (χ3n) is 5.62. The van der Waals surface area contributed by atoms with Gasteiger partial charge in [0.25, 0.3) is 0 Å². The van der Waals surface area contributed by atoms with Crippen molar-refractivity contribution in [3.63, 3.8) is 0 Å². The molecule has 1 aliphatic rings. The second-order valence-electron chi connectivity index (χ2n) is 8.09. The van der Waals surface area contributed by atoms with Gasteiger partial charge in [0.2, 0.25) is 0 Å². The van der Waals surface area contributed by atoms with Crippen LogP contribution in [0.3, 0.4) is 0 Å². The van der Waals surface area contributed by atoms with Crippen LogP contribution in [-0.4, -0.2) is 21.4 Å². The van der Waals surface area contributed by atoms with E-state index in [1.807, 2.05) is 24.3 Å². The van der Waals surface area contributed by atoms with Gasteiger partial charge in [-0.1, -0.05) is 84.9 Å². The van der Waals surface area contributed by atoms with E-state index in [0.717, 1.165) is 22.6 Å². The molecule has 4 heteroatoms. The van der Waals surface area contributed by atoms with Gasteiger partial charge in [0.05, 0.1) is 23.0 Å². The molecule has 0 amide bonds. The lowest BCUT2D eigenvalue weighted by atomic mass is 9.76. The van der Waals surface area contributed by atoms with Gasteiger partial charge in [0.15, 0.2) is 5.82 Å². The van der Waals surface area contributed by atoms with E-state index >= 15 is 0 Å². The number of hydrogen-bond acceptors (Lipinski definition) is 4. The van der Waals surface area contributed by atoms with Crippen LogP contribution in [0.1, 0.15) is 25.0 Å². The zero-order valence-electron chi connectivity index (χ0n) is 17.5. The van der Waals surface area contributed by atoms with Crippen LogP contribution >= 0.6 is 0 Å². The van der Waals surface area contributed by atoms with E-state index in [0.29, 0.717) is 11.5 Å². The molecule has 0 radical (unpaired) electrons. The van der Waals surface area contributed by atoms with Gasteiger partial charge in [-0.3, -0.25) is 0 Å². The fourth-order valence-corrected chi connectivity index (χ4v) is 4.00. The van der Waals surface area contributed by atoms with Crippen LogP contribution in [0.4, 0.5) is 11.5 Å². The molecule has 4 aromatic rings. The number of fused-ring (bicyclic) bond motifs is 1. The average molecular weight is 403 g/mol.